The first-order valence-electron chi connectivity index (χ1n) is 7.87. The minimum Gasteiger partial charge on any atom is -0.459 e. The van der Waals surface area contributed by atoms with Gasteiger partial charge in [-0.2, -0.15) is 0 Å². The lowest BCUT2D eigenvalue weighted by Crippen LogP contribution is -2.29. The Hall–Kier alpha value is -2.35. The molecule has 2 amide bonds. The molecule has 0 bridgehead atoms. The lowest BCUT2D eigenvalue weighted by Gasteiger charge is -2.13. The number of hydrogen-bond acceptors (Lipinski definition) is 5. The average Bonchev–Trinajstić information content (AvgIpc) is 3.28. The van der Waals surface area contributed by atoms with Crippen molar-refractivity contribution in [3.8, 4) is 0 Å². The second kappa shape index (κ2) is 7.69. The topological polar surface area (TPSA) is 107 Å². The van der Waals surface area contributed by atoms with Gasteiger partial charge in [-0.3, -0.25) is 9.59 Å². The summed E-state index contributed by atoms with van der Waals surface area (Å²) in [6, 6.07) is 7.99. The smallest absolute Gasteiger partial charge is 0.291 e. The van der Waals surface area contributed by atoms with Crippen molar-refractivity contribution in [2.75, 3.05) is 17.2 Å². The molecule has 2 aromatic rings. The normalized spacial score (nSPS) is 19.6. The van der Waals surface area contributed by atoms with Gasteiger partial charge in [0.05, 0.1) is 23.1 Å². The molecule has 1 fully saturated rings. The Morgan fingerprint density at radius 3 is 2.72 bits per heavy atom. The van der Waals surface area contributed by atoms with E-state index in [-0.39, 0.29) is 17.8 Å². The number of benzene rings is 1. The quantitative estimate of drug-likeness (QED) is 0.757. The second-order valence-electron chi connectivity index (χ2n) is 5.68. The number of halogens is 1. The van der Waals surface area contributed by atoms with Crippen LogP contribution in [0.2, 0.25) is 5.02 Å². The number of nitrogens with one attached hydrogen (secondary N) is 2. The molecule has 132 valence electrons. The van der Waals surface area contributed by atoms with Crippen LogP contribution in [-0.2, 0) is 9.53 Å². The van der Waals surface area contributed by atoms with Crippen LogP contribution in [-0.4, -0.2) is 30.6 Å². The highest BCUT2D eigenvalue weighted by Crippen LogP contribution is 2.27. The predicted molar refractivity (Wildman–Crippen MR) is 93.7 cm³/mol. The molecular weight excluding hydrogens is 346 g/mol. The van der Waals surface area contributed by atoms with E-state index in [0.717, 1.165) is 6.42 Å². The summed E-state index contributed by atoms with van der Waals surface area (Å²) in [5.41, 5.74) is 6.48. The standard InChI is InChI=1S/C17H18ClN3O4/c18-12-8-10(20-17(23)15-6-4-11(9-19)25-15)3-5-13(12)21-16(22)14-2-1-7-24-14/h1-3,5,7-8,11,15H,4,6,9,19H2,(H,20,23)(H,21,22)/t11-,15+/m1/s1. The zero-order valence-corrected chi connectivity index (χ0v) is 14.1. The minimum absolute atomic E-state index is 0.0708. The molecule has 0 unspecified atom stereocenters. The molecule has 3 rings (SSSR count). The molecule has 1 aromatic heterocycles. The minimum atomic E-state index is -0.509. The van der Waals surface area contributed by atoms with Crippen LogP contribution in [0.1, 0.15) is 23.4 Å². The summed E-state index contributed by atoms with van der Waals surface area (Å²) in [6.45, 7) is 0.402. The van der Waals surface area contributed by atoms with Gasteiger partial charge < -0.3 is 25.5 Å². The lowest BCUT2D eigenvalue weighted by atomic mass is 10.2. The fourth-order valence-corrected chi connectivity index (χ4v) is 2.81. The maximum atomic E-state index is 12.2. The van der Waals surface area contributed by atoms with E-state index in [1.807, 2.05) is 0 Å². The average molecular weight is 364 g/mol. The van der Waals surface area contributed by atoms with Gasteiger partial charge in [0.25, 0.3) is 11.8 Å². The third-order valence-corrected chi connectivity index (χ3v) is 4.21. The summed E-state index contributed by atoms with van der Waals surface area (Å²) >= 11 is 6.18. The van der Waals surface area contributed by atoms with Crippen LogP contribution >= 0.6 is 11.6 Å². The summed E-state index contributed by atoms with van der Waals surface area (Å²) in [6.07, 6.45) is 2.24. The Labute approximate surface area is 149 Å². The van der Waals surface area contributed by atoms with E-state index in [9.17, 15) is 9.59 Å². The van der Waals surface area contributed by atoms with E-state index in [2.05, 4.69) is 10.6 Å². The Kier molecular flexibility index (Phi) is 5.37. The van der Waals surface area contributed by atoms with Gasteiger partial charge in [-0.05, 0) is 43.2 Å². The van der Waals surface area contributed by atoms with E-state index < -0.39 is 12.0 Å². The predicted octanol–water partition coefficient (Wildman–Crippen LogP) is 2.63. The van der Waals surface area contributed by atoms with Crippen LogP contribution in [0.4, 0.5) is 11.4 Å². The molecule has 7 nitrogen and oxygen atoms in total. The number of rotatable bonds is 5. The number of hydrogen-bond donors (Lipinski definition) is 3. The molecule has 4 N–H and O–H groups in total. The molecule has 1 aromatic carbocycles. The molecule has 0 aliphatic carbocycles. The first kappa shape index (κ1) is 17.5. The number of nitrogens with two attached hydrogens (primary N) is 1. The molecule has 8 heteroatoms. The number of carbonyl (C=O) groups is 2. The van der Waals surface area contributed by atoms with Crippen molar-refractivity contribution in [2.45, 2.75) is 25.0 Å². The molecule has 0 spiro atoms. The number of ether oxygens (including phenoxy) is 1. The zero-order valence-electron chi connectivity index (χ0n) is 13.3. The van der Waals surface area contributed by atoms with Gasteiger partial charge in [-0.25, -0.2) is 0 Å². The van der Waals surface area contributed by atoms with E-state index >= 15 is 0 Å². The molecule has 2 atom stereocenters. The van der Waals surface area contributed by atoms with Crippen LogP contribution in [0.25, 0.3) is 0 Å². The summed E-state index contributed by atoms with van der Waals surface area (Å²) in [7, 11) is 0. The van der Waals surface area contributed by atoms with Crippen LogP contribution in [0.15, 0.2) is 41.0 Å². The number of furan rings is 1. The van der Waals surface area contributed by atoms with Gasteiger partial charge >= 0.3 is 0 Å². The summed E-state index contributed by atoms with van der Waals surface area (Å²) in [5.74, 6) is -0.462. The first-order chi connectivity index (χ1) is 12.1. The Morgan fingerprint density at radius 2 is 2.08 bits per heavy atom. The van der Waals surface area contributed by atoms with E-state index in [1.54, 1.807) is 30.3 Å². The maximum Gasteiger partial charge on any atom is 0.291 e. The monoisotopic (exact) mass is 363 g/mol. The third kappa shape index (κ3) is 4.19. The molecule has 25 heavy (non-hydrogen) atoms. The van der Waals surface area contributed by atoms with Gasteiger partial charge in [0.15, 0.2) is 5.76 Å². The van der Waals surface area contributed by atoms with Crippen LogP contribution in [0, 0.1) is 0 Å². The van der Waals surface area contributed by atoms with Crippen molar-refractivity contribution in [1.29, 1.82) is 0 Å². The zero-order chi connectivity index (χ0) is 17.8. The Morgan fingerprint density at radius 1 is 1.24 bits per heavy atom. The van der Waals surface area contributed by atoms with E-state index in [0.29, 0.717) is 29.4 Å². The van der Waals surface area contributed by atoms with Gasteiger partial charge in [0.1, 0.15) is 6.10 Å². The van der Waals surface area contributed by atoms with Crippen molar-refractivity contribution in [3.63, 3.8) is 0 Å². The molecule has 1 aliphatic heterocycles. The van der Waals surface area contributed by atoms with Crippen LogP contribution in [0.3, 0.4) is 0 Å². The van der Waals surface area contributed by atoms with Crippen molar-refractivity contribution in [2.24, 2.45) is 5.73 Å². The fourth-order valence-electron chi connectivity index (χ4n) is 2.58. The summed E-state index contributed by atoms with van der Waals surface area (Å²) in [5, 5.41) is 5.70. The first-order valence-corrected chi connectivity index (χ1v) is 8.25. The van der Waals surface area contributed by atoms with Gasteiger partial charge in [0.2, 0.25) is 0 Å². The maximum absolute atomic E-state index is 12.2. The highest BCUT2D eigenvalue weighted by molar-refractivity contribution is 6.34. The van der Waals surface area contributed by atoms with Crippen LogP contribution < -0.4 is 16.4 Å². The Bertz CT molecular complexity index is 763. The third-order valence-electron chi connectivity index (χ3n) is 3.89. The fraction of sp³-hybridized carbons (Fsp3) is 0.294. The number of amides is 2. The lowest BCUT2D eigenvalue weighted by molar-refractivity contribution is -0.126. The van der Waals surface area contributed by atoms with Gasteiger partial charge in [-0.1, -0.05) is 11.6 Å². The summed E-state index contributed by atoms with van der Waals surface area (Å²) in [4.78, 5) is 24.2. The van der Waals surface area contributed by atoms with Gasteiger partial charge in [0, 0.05) is 12.2 Å². The van der Waals surface area contributed by atoms with E-state index in [4.69, 9.17) is 26.5 Å². The highest BCUT2D eigenvalue weighted by Gasteiger charge is 2.29. The molecular formula is C17H18ClN3O4. The number of anilines is 2. The number of carbonyl (C=O) groups excluding carboxylic acids is 2. The largest absolute Gasteiger partial charge is 0.459 e. The Balaban J connectivity index is 1.62. The van der Waals surface area contributed by atoms with Crippen molar-refractivity contribution in [3.05, 3.63) is 47.4 Å². The summed E-state index contributed by atoms with van der Waals surface area (Å²) < 4.78 is 10.6. The van der Waals surface area contributed by atoms with Crippen LogP contribution in [0.5, 0.6) is 0 Å². The van der Waals surface area contributed by atoms with Crippen molar-refractivity contribution in [1.82, 2.24) is 0 Å². The van der Waals surface area contributed by atoms with Crippen molar-refractivity contribution < 1.29 is 18.7 Å². The molecule has 0 saturated carbocycles. The molecule has 0 radical (unpaired) electrons. The van der Waals surface area contributed by atoms with Crippen molar-refractivity contribution >= 4 is 34.8 Å². The van der Waals surface area contributed by atoms with E-state index in [1.165, 1.54) is 6.26 Å². The molecule has 1 saturated heterocycles. The highest BCUT2D eigenvalue weighted by atomic mass is 35.5. The van der Waals surface area contributed by atoms with Gasteiger partial charge in [-0.15, -0.1) is 0 Å². The molecule has 2 heterocycles. The SMILES string of the molecule is NC[C@H]1CC[C@@H](C(=O)Nc2ccc(NC(=O)c3ccco3)c(Cl)c2)O1. The molecule has 1 aliphatic rings. The second-order valence-corrected chi connectivity index (χ2v) is 6.08.